The third-order valence-electron chi connectivity index (χ3n) is 6.22. The molecule has 3 aromatic rings. The number of amides is 1. The van der Waals surface area contributed by atoms with Gasteiger partial charge in [0.05, 0.1) is 11.7 Å². The summed E-state index contributed by atoms with van der Waals surface area (Å²) in [6, 6.07) is 20.3. The van der Waals surface area contributed by atoms with Gasteiger partial charge in [0.2, 0.25) is 0 Å². The van der Waals surface area contributed by atoms with Gasteiger partial charge in [0.15, 0.2) is 0 Å². The highest BCUT2D eigenvalue weighted by Gasteiger charge is 2.26. The Kier molecular flexibility index (Phi) is 7.57. The fourth-order valence-corrected chi connectivity index (χ4v) is 4.25. The van der Waals surface area contributed by atoms with Crippen LogP contribution in [-0.2, 0) is 13.1 Å². The molecule has 0 aliphatic carbocycles. The first-order valence-corrected chi connectivity index (χ1v) is 11.8. The molecule has 0 radical (unpaired) electrons. The van der Waals surface area contributed by atoms with Crippen molar-refractivity contribution >= 4 is 11.7 Å². The monoisotopic (exact) mass is 458 g/mol. The molecule has 1 atom stereocenters. The lowest BCUT2D eigenvalue weighted by molar-refractivity contribution is 0.0939. The molecule has 0 saturated heterocycles. The van der Waals surface area contributed by atoms with Crippen LogP contribution in [0.4, 0.5) is 5.82 Å². The fourth-order valence-electron chi connectivity index (χ4n) is 4.25. The van der Waals surface area contributed by atoms with Gasteiger partial charge in [0.1, 0.15) is 5.82 Å². The maximum absolute atomic E-state index is 13.4. The topological polar surface area (TPSA) is 72.5 Å². The summed E-state index contributed by atoms with van der Waals surface area (Å²) in [6.07, 6.45) is 0. The number of fused-ring (bicyclic) bond motifs is 1. The summed E-state index contributed by atoms with van der Waals surface area (Å²) in [7, 11) is 6.02. The molecule has 34 heavy (non-hydrogen) atoms. The number of carbonyl (C=O) groups is 1. The molecule has 1 aliphatic heterocycles. The van der Waals surface area contributed by atoms with E-state index in [0.717, 1.165) is 47.8 Å². The molecule has 3 N–H and O–H groups in total. The number of benzene rings is 2. The van der Waals surface area contributed by atoms with Crippen molar-refractivity contribution < 1.29 is 4.79 Å². The third kappa shape index (κ3) is 5.44. The molecular weight excluding hydrogens is 424 g/mol. The van der Waals surface area contributed by atoms with Gasteiger partial charge in [-0.15, -0.1) is 0 Å². The molecule has 4 rings (SSSR count). The van der Waals surface area contributed by atoms with Gasteiger partial charge in [0, 0.05) is 49.9 Å². The van der Waals surface area contributed by atoms with Crippen molar-refractivity contribution in [2.75, 3.05) is 39.2 Å². The number of nitrogens with one attached hydrogen (secondary N) is 3. The maximum atomic E-state index is 13.4. The lowest BCUT2D eigenvalue weighted by atomic mass is 10.0. The molecule has 7 heteroatoms. The standard InChI is InChI=1S/C27H34N6O/c1-19(21-10-6-5-7-11-21)30-27(34)23-16-25(31-26-24(23)17-29-33(26)4)22-12-8-9-20(15-22)18-32(3)14-13-28-2/h5-12,15-16,19,28-29H,13-14,17-18H2,1-4H3,(H,30,34)/t19-/m0/s1. The number of hydrogen-bond donors (Lipinski definition) is 3. The predicted octanol–water partition coefficient (Wildman–Crippen LogP) is 3.35. The minimum Gasteiger partial charge on any atom is -0.346 e. The number of rotatable bonds is 9. The molecule has 7 nitrogen and oxygen atoms in total. The third-order valence-corrected chi connectivity index (χ3v) is 6.22. The predicted molar refractivity (Wildman–Crippen MR) is 137 cm³/mol. The second-order valence-electron chi connectivity index (χ2n) is 8.90. The SMILES string of the molecule is CNCCN(C)Cc1cccc(-c2cc(C(=O)N[C@@H](C)c3ccccc3)c3c(n2)N(C)NC3)c1. The lowest BCUT2D eigenvalue weighted by Crippen LogP contribution is -2.27. The molecule has 0 fully saturated rings. The molecule has 0 bridgehead atoms. The van der Waals surface area contributed by atoms with Gasteiger partial charge < -0.3 is 15.5 Å². The van der Waals surface area contributed by atoms with Crippen LogP contribution in [-0.4, -0.2) is 50.0 Å². The Morgan fingerprint density at radius 3 is 2.74 bits per heavy atom. The van der Waals surface area contributed by atoms with Crippen LogP contribution in [0.15, 0.2) is 60.7 Å². The zero-order valence-corrected chi connectivity index (χ0v) is 20.4. The number of likely N-dealkylation sites (N-methyl/N-ethyl adjacent to an activating group) is 2. The lowest BCUT2D eigenvalue weighted by Gasteiger charge is -2.18. The number of anilines is 1. The Hall–Kier alpha value is -3.26. The van der Waals surface area contributed by atoms with Crippen LogP contribution in [0.25, 0.3) is 11.3 Å². The largest absolute Gasteiger partial charge is 0.346 e. The number of carbonyl (C=O) groups excluding carboxylic acids is 1. The molecule has 1 aliphatic rings. The number of pyridine rings is 1. The molecule has 1 amide bonds. The van der Waals surface area contributed by atoms with Crippen LogP contribution in [0, 0.1) is 0 Å². The van der Waals surface area contributed by atoms with Crippen LogP contribution in [0.1, 0.15) is 40.0 Å². The van der Waals surface area contributed by atoms with Crippen molar-refractivity contribution in [3.63, 3.8) is 0 Å². The molecule has 0 spiro atoms. The highest BCUT2D eigenvalue weighted by atomic mass is 16.1. The van der Waals surface area contributed by atoms with Gasteiger partial charge in [-0.1, -0.05) is 48.5 Å². The van der Waals surface area contributed by atoms with E-state index in [1.54, 1.807) is 0 Å². The summed E-state index contributed by atoms with van der Waals surface area (Å²) < 4.78 is 0. The molecule has 2 aromatic carbocycles. The first-order valence-electron chi connectivity index (χ1n) is 11.8. The summed E-state index contributed by atoms with van der Waals surface area (Å²) in [5.74, 6) is 0.711. The Balaban J connectivity index is 1.62. The van der Waals surface area contributed by atoms with Crippen molar-refractivity contribution in [2.24, 2.45) is 0 Å². The van der Waals surface area contributed by atoms with E-state index < -0.39 is 0 Å². The van der Waals surface area contributed by atoms with Gasteiger partial charge in [0.25, 0.3) is 5.91 Å². The van der Waals surface area contributed by atoms with Crippen LogP contribution >= 0.6 is 0 Å². The normalized spacial score (nSPS) is 13.7. The minimum absolute atomic E-state index is 0.0868. The van der Waals surface area contributed by atoms with E-state index in [-0.39, 0.29) is 11.9 Å². The summed E-state index contributed by atoms with van der Waals surface area (Å²) >= 11 is 0. The van der Waals surface area contributed by atoms with Crippen LogP contribution < -0.4 is 21.1 Å². The first kappa shape index (κ1) is 23.9. The highest BCUT2D eigenvalue weighted by molar-refractivity contribution is 5.98. The number of nitrogens with zero attached hydrogens (tertiary/aromatic N) is 3. The van der Waals surface area contributed by atoms with Crippen molar-refractivity contribution in [1.82, 2.24) is 25.9 Å². The van der Waals surface area contributed by atoms with Gasteiger partial charge in [-0.2, -0.15) is 0 Å². The van der Waals surface area contributed by atoms with Crippen molar-refractivity contribution in [2.45, 2.75) is 26.1 Å². The molecule has 0 saturated carbocycles. The smallest absolute Gasteiger partial charge is 0.252 e. The summed E-state index contributed by atoms with van der Waals surface area (Å²) in [4.78, 5) is 20.6. The summed E-state index contributed by atoms with van der Waals surface area (Å²) in [6.45, 7) is 5.36. The first-order chi connectivity index (χ1) is 16.5. The molecule has 0 unspecified atom stereocenters. The van der Waals surface area contributed by atoms with E-state index in [9.17, 15) is 4.79 Å². The van der Waals surface area contributed by atoms with Crippen molar-refractivity contribution in [1.29, 1.82) is 0 Å². The van der Waals surface area contributed by atoms with Crippen LogP contribution in [0.2, 0.25) is 0 Å². The van der Waals surface area contributed by atoms with Crippen molar-refractivity contribution in [3.8, 4) is 11.3 Å². The van der Waals surface area contributed by atoms with E-state index in [1.807, 2.05) is 62.4 Å². The second kappa shape index (κ2) is 10.8. The molecular formula is C27H34N6O. The van der Waals surface area contributed by atoms with E-state index >= 15 is 0 Å². The zero-order chi connectivity index (χ0) is 24.1. The quantitative estimate of drug-likeness (QED) is 0.457. The molecule has 2 heterocycles. The average molecular weight is 459 g/mol. The van der Waals surface area contributed by atoms with E-state index in [0.29, 0.717) is 12.1 Å². The maximum Gasteiger partial charge on any atom is 0.252 e. The Morgan fingerprint density at radius 1 is 1.18 bits per heavy atom. The number of aromatic nitrogens is 1. The summed E-state index contributed by atoms with van der Waals surface area (Å²) in [5, 5.41) is 8.25. The number of hydrogen-bond acceptors (Lipinski definition) is 6. The molecule has 1 aromatic heterocycles. The summed E-state index contributed by atoms with van der Waals surface area (Å²) in [5.41, 5.74) is 8.96. The van der Waals surface area contributed by atoms with Gasteiger partial charge >= 0.3 is 0 Å². The van der Waals surface area contributed by atoms with Gasteiger partial charge in [-0.25, -0.2) is 10.4 Å². The average Bonchev–Trinajstić information content (AvgIpc) is 3.23. The minimum atomic E-state index is -0.0930. The van der Waals surface area contributed by atoms with Gasteiger partial charge in [-0.3, -0.25) is 9.80 Å². The molecule has 178 valence electrons. The van der Waals surface area contributed by atoms with Crippen molar-refractivity contribution in [3.05, 3.63) is 82.9 Å². The van der Waals surface area contributed by atoms with E-state index in [1.165, 1.54) is 5.56 Å². The zero-order valence-electron chi connectivity index (χ0n) is 20.4. The number of hydrazine groups is 1. The Labute approximate surface area is 202 Å². The van der Waals surface area contributed by atoms with Crippen LogP contribution in [0.3, 0.4) is 0 Å². The Morgan fingerprint density at radius 2 is 1.97 bits per heavy atom. The fraction of sp³-hybridized carbons (Fsp3) is 0.333. The second-order valence-corrected chi connectivity index (χ2v) is 8.90. The van der Waals surface area contributed by atoms with E-state index in [2.05, 4.69) is 52.3 Å². The highest BCUT2D eigenvalue weighted by Crippen LogP contribution is 2.31. The van der Waals surface area contributed by atoms with E-state index in [4.69, 9.17) is 4.98 Å². The Bertz CT molecular complexity index is 1130. The van der Waals surface area contributed by atoms with Gasteiger partial charge in [-0.05, 0) is 44.3 Å². The van der Waals surface area contributed by atoms with Crippen LogP contribution in [0.5, 0.6) is 0 Å².